The summed E-state index contributed by atoms with van der Waals surface area (Å²) in [5.41, 5.74) is 1.31. The predicted octanol–water partition coefficient (Wildman–Crippen LogP) is 1.47. The Morgan fingerprint density at radius 3 is 2.45 bits per heavy atom. The molecule has 2 rings (SSSR count). The van der Waals surface area contributed by atoms with Crippen molar-refractivity contribution in [1.29, 1.82) is 0 Å². The molecule has 1 heterocycles. The number of carbonyl (C=O) groups is 2. The lowest BCUT2D eigenvalue weighted by molar-refractivity contribution is 0.0698. The molecule has 0 unspecified atom stereocenters. The van der Waals surface area contributed by atoms with Gasteiger partial charge in [0.2, 0.25) is 0 Å². The third-order valence-corrected chi connectivity index (χ3v) is 3.44. The van der Waals surface area contributed by atoms with Gasteiger partial charge in [0.25, 0.3) is 0 Å². The van der Waals surface area contributed by atoms with Crippen molar-refractivity contribution in [1.82, 2.24) is 9.80 Å². The Hall–Kier alpha value is -2.08. The predicted molar refractivity (Wildman–Crippen MR) is 76.2 cm³/mol. The van der Waals surface area contributed by atoms with E-state index in [0.717, 1.165) is 18.7 Å². The first-order valence-corrected chi connectivity index (χ1v) is 6.56. The largest absolute Gasteiger partial charge is 0.478 e. The van der Waals surface area contributed by atoms with E-state index in [-0.39, 0.29) is 11.6 Å². The highest BCUT2D eigenvalue weighted by Gasteiger charge is 2.20. The van der Waals surface area contributed by atoms with Crippen LogP contribution in [0.3, 0.4) is 0 Å². The summed E-state index contributed by atoms with van der Waals surface area (Å²) in [6, 6.07) is 4.73. The average Bonchev–Trinajstić information content (AvgIpc) is 2.41. The van der Waals surface area contributed by atoms with Crippen molar-refractivity contribution in [2.45, 2.75) is 6.92 Å². The molecule has 2 N–H and O–H groups in total. The lowest BCUT2D eigenvalue weighted by Crippen LogP contribution is -2.48. The maximum absolute atomic E-state index is 12.1. The number of anilines is 1. The average molecular weight is 277 g/mol. The van der Waals surface area contributed by atoms with Crippen LogP contribution in [0.2, 0.25) is 0 Å². The number of aryl methyl sites for hydroxylation is 1. The number of nitrogens with zero attached hydrogens (tertiary/aromatic N) is 2. The quantitative estimate of drug-likeness (QED) is 0.858. The van der Waals surface area contributed by atoms with Crippen LogP contribution in [0, 0.1) is 6.92 Å². The SMILES string of the molecule is Cc1ccc(NC(=O)N2CCN(C)CC2)c(C(=O)O)c1. The minimum atomic E-state index is -1.04. The number of carboxylic acids is 1. The number of carbonyl (C=O) groups excluding carboxylic acids is 1. The first-order valence-electron chi connectivity index (χ1n) is 6.56. The summed E-state index contributed by atoms with van der Waals surface area (Å²) < 4.78 is 0. The number of benzene rings is 1. The van der Waals surface area contributed by atoms with E-state index in [1.165, 1.54) is 0 Å². The summed E-state index contributed by atoms with van der Waals surface area (Å²) >= 11 is 0. The molecule has 1 aliphatic rings. The molecule has 20 heavy (non-hydrogen) atoms. The molecule has 6 heteroatoms. The van der Waals surface area contributed by atoms with E-state index in [1.807, 2.05) is 14.0 Å². The number of aromatic carboxylic acids is 1. The van der Waals surface area contributed by atoms with Crippen LogP contribution in [0.15, 0.2) is 18.2 Å². The highest BCUT2D eigenvalue weighted by atomic mass is 16.4. The second kappa shape index (κ2) is 5.92. The second-order valence-corrected chi connectivity index (χ2v) is 5.07. The van der Waals surface area contributed by atoms with Gasteiger partial charge in [-0.25, -0.2) is 9.59 Å². The minimum Gasteiger partial charge on any atom is -0.478 e. The van der Waals surface area contributed by atoms with Crippen molar-refractivity contribution in [3.8, 4) is 0 Å². The first kappa shape index (κ1) is 14.3. The molecule has 6 nitrogen and oxygen atoms in total. The van der Waals surface area contributed by atoms with Gasteiger partial charge in [-0.15, -0.1) is 0 Å². The van der Waals surface area contributed by atoms with Crippen LogP contribution >= 0.6 is 0 Å². The maximum Gasteiger partial charge on any atom is 0.337 e. The number of carboxylic acid groups (broad SMARTS) is 1. The summed E-state index contributed by atoms with van der Waals surface area (Å²) in [5.74, 6) is -1.04. The molecule has 2 amide bonds. The Labute approximate surface area is 118 Å². The number of amides is 2. The highest BCUT2D eigenvalue weighted by Crippen LogP contribution is 2.18. The second-order valence-electron chi connectivity index (χ2n) is 5.07. The van der Waals surface area contributed by atoms with E-state index in [0.29, 0.717) is 18.8 Å². The van der Waals surface area contributed by atoms with Crippen molar-refractivity contribution >= 4 is 17.7 Å². The number of nitrogens with one attached hydrogen (secondary N) is 1. The van der Waals surface area contributed by atoms with Crippen molar-refractivity contribution < 1.29 is 14.7 Å². The number of hydrogen-bond acceptors (Lipinski definition) is 3. The van der Waals surface area contributed by atoms with Gasteiger partial charge in [-0.05, 0) is 26.1 Å². The topological polar surface area (TPSA) is 72.9 Å². The maximum atomic E-state index is 12.1. The molecule has 0 spiro atoms. The Morgan fingerprint density at radius 2 is 1.85 bits per heavy atom. The molecule has 0 aliphatic carbocycles. The smallest absolute Gasteiger partial charge is 0.337 e. The summed E-state index contributed by atoms with van der Waals surface area (Å²) in [4.78, 5) is 27.2. The van der Waals surface area contributed by atoms with E-state index >= 15 is 0 Å². The zero-order chi connectivity index (χ0) is 14.7. The number of urea groups is 1. The lowest BCUT2D eigenvalue weighted by atomic mass is 10.1. The van der Waals surface area contributed by atoms with Gasteiger partial charge in [-0.1, -0.05) is 11.6 Å². The molecule has 0 saturated carbocycles. The monoisotopic (exact) mass is 277 g/mol. The normalized spacial score (nSPS) is 16.0. The fourth-order valence-electron chi connectivity index (χ4n) is 2.15. The van der Waals surface area contributed by atoms with Gasteiger partial charge < -0.3 is 20.2 Å². The summed E-state index contributed by atoms with van der Waals surface area (Å²) in [7, 11) is 2.01. The van der Waals surface area contributed by atoms with Crippen molar-refractivity contribution in [2.24, 2.45) is 0 Å². The van der Waals surface area contributed by atoms with Gasteiger partial charge in [0, 0.05) is 26.2 Å². The van der Waals surface area contributed by atoms with Crippen LogP contribution < -0.4 is 5.32 Å². The molecule has 0 bridgehead atoms. The van der Waals surface area contributed by atoms with Crippen molar-refractivity contribution in [2.75, 3.05) is 38.5 Å². The Kier molecular flexibility index (Phi) is 4.24. The summed E-state index contributed by atoms with van der Waals surface area (Å²) in [6.07, 6.45) is 0. The zero-order valence-corrected chi connectivity index (χ0v) is 11.7. The van der Waals surface area contributed by atoms with Crippen LogP contribution in [0.4, 0.5) is 10.5 Å². The Morgan fingerprint density at radius 1 is 1.20 bits per heavy atom. The molecular formula is C14H19N3O3. The fourth-order valence-corrected chi connectivity index (χ4v) is 2.15. The van der Waals surface area contributed by atoms with Gasteiger partial charge in [0.1, 0.15) is 0 Å². The van der Waals surface area contributed by atoms with Crippen LogP contribution in [0.1, 0.15) is 15.9 Å². The van der Waals surface area contributed by atoms with Gasteiger partial charge in [-0.2, -0.15) is 0 Å². The van der Waals surface area contributed by atoms with E-state index in [4.69, 9.17) is 0 Å². The molecule has 0 atom stereocenters. The molecule has 108 valence electrons. The molecule has 1 fully saturated rings. The van der Waals surface area contributed by atoms with Crippen LogP contribution in [0.5, 0.6) is 0 Å². The number of rotatable bonds is 2. The standard InChI is InChI=1S/C14H19N3O3/c1-10-3-4-12(11(9-10)13(18)19)15-14(20)17-7-5-16(2)6-8-17/h3-4,9H,5-8H2,1-2H3,(H,15,20)(H,18,19). The van der Waals surface area contributed by atoms with E-state index < -0.39 is 5.97 Å². The summed E-state index contributed by atoms with van der Waals surface area (Å²) in [6.45, 7) is 4.77. The summed E-state index contributed by atoms with van der Waals surface area (Å²) in [5, 5.41) is 11.9. The molecule has 1 saturated heterocycles. The molecule has 0 radical (unpaired) electrons. The third kappa shape index (κ3) is 3.27. The van der Waals surface area contributed by atoms with Crippen LogP contribution in [0.25, 0.3) is 0 Å². The number of likely N-dealkylation sites (N-methyl/N-ethyl adjacent to an activating group) is 1. The lowest BCUT2D eigenvalue weighted by Gasteiger charge is -2.32. The third-order valence-electron chi connectivity index (χ3n) is 3.44. The van der Waals surface area contributed by atoms with Crippen molar-refractivity contribution in [3.05, 3.63) is 29.3 Å². The molecular weight excluding hydrogens is 258 g/mol. The fraction of sp³-hybridized carbons (Fsp3) is 0.429. The van der Waals surface area contributed by atoms with Gasteiger partial charge >= 0.3 is 12.0 Å². The molecule has 1 aromatic carbocycles. The Balaban J connectivity index is 2.10. The van der Waals surface area contributed by atoms with Gasteiger partial charge in [0.15, 0.2) is 0 Å². The Bertz CT molecular complexity index is 522. The number of hydrogen-bond donors (Lipinski definition) is 2. The van der Waals surface area contributed by atoms with Crippen LogP contribution in [-0.4, -0.2) is 60.1 Å². The van der Waals surface area contributed by atoms with Crippen LogP contribution in [-0.2, 0) is 0 Å². The minimum absolute atomic E-state index is 0.118. The van der Waals surface area contributed by atoms with E-state index in [9.17, 15) is 14.7 Å². The van der Waals surface area contributed by atoms with Gasteiger partial charge in [-0.3, -0.25) is 0 Å². The van der Waals surface area contributed by atoms with E-state index in [1.54, 1.807) is 23.1 Å². The molecule has 1 aliphatic heterocycles. The molecule has 1 aromatic rings. The van der Waals surface area contributed by atoms with Crippen molar-refractivity contribution in [3.63, 3.8) is 0 Å². The molecule has 0 aromatic heterocycles. The highest BCUT2D eigenvalue weighted by molar-refractivity contribution is 6.00. The first-order chi connectivity index (χ1) is 9.47. The zero-order valence-electron chi connectivity index (χ0n) is 11.7. The number of piperazine rings is 1. The van der Waals surface area contributed by atoms with Gasteiger partial charge in [0.05, 0.1) is 11.3 Å². The van der Waals surface area contributed by atoms with E-state index in [2.05, 4.69) is 10.2 Å².